The van der Waals surface area contributed by atoms with E-state index in [-0.39, 0.29) is 17.2 Å². The fourth-order valence-electron chi connectivity index (χ4n) is 5.96. The van der Waals surface area contributed by atoms with Crippen molar-refractivity contribution in [3.05, 3.63) is 113 Å². The van der Waals surface area contributed by atoms with E-state index in [0.29, 0.717) is 47.7 Å². The highest BCUT2D eigenvalue weighted by Gasteiger charge is 2.27. The van der Waals surface area contributed by atoms with Gasteiger partial charge in [-0.15, -0.1) is 0 Å². The number of hydrogen-bond acceptors (Lipinski definition) is 5. The summed E-state index contributed by atoms with van der Waals surface area (Å²) in [6.07, 6.45) is 24.6. The third-order valence-electron chi connectivity index (χ3n) is 8.53. The molecule has 240 valence electrons. The van der Waals surface area contributed by atoms with Crippen molar-refractivity contribution < 1.29 is 18.3 Å². The molecule has 3 aliphatic rings. The maximum absolute atomic E-state index is 15.0. The van der Waals surface area contributed by atoms with Crippen LogP contribution in [0.5, 0.6) is 5.75 Å². The number of anilines is 1. The molecule has 2 aromatic carbocycles. The van der Waals surface area contributed by atoms with Crippen molar-refractivity contribution in [3.8, 4) is 5.75 Å². The molecule has 5 rings (SSSR count). The first kappa shape index (κ1) is 32.8. The zero-order valence-corrected chi connectivity index (χ0v) is 26.6. The number of rotatable bonds is 13. The number of carbonyl (C=O) groups excluding carboxylic acids is 1. The van der Waals surface area contributed by atoms with Crippen LogP contribution in [0.2, 0.25) is 0 Å². The molecule has 1 aliphatic carbocycles. The normalized spacial score (nSPS) is 20.1. The second-order valence-corrected chi connectivity index (χ2v) is 11.7. The molecule has 0 saturated heterocycles. The Kier molecular flexibility index (Phi) is 11.5. The number of allylic oxidation sites excluding steroid dienone is 7. The molecule has 46 heavy (non-hydrogen) atoms. The van der Waals surface area contributed by atoms with Gasteiger partial charge in [-0.05, 0) is 80.3 Å². The van der Waals surface area contributed by atoms with E-state index in [2.05, 4.69) is 32.9 Å². The molecule has 0 radical (unpaired) electrons. The average Bonchev–Trinajstić information content (AvgIpc) is 3.27. The summed E-state index contributed by atoms with van der Waals surface area (Å²) >= 11 is 0. The zero-order chi connectivity index (χ0) is 32.3. The van der Waals surface area contributed by atoms with Gasteiger partial charge in [0, 0.05) is 53.1 Å². The monoisotopic (exact) mass is 624 g/mol. The Morgan fingerprint density at radius 1 is 1.04 bits per heavy atom. The summed E-state index contributed by atoms with van der Waals surface area (Å²) < 4.78 is 34.5. The van der Waals surface area contributed by atoms with Gasteiger partial charge in [0.05, 0.1) is 18.5 Å². The molecule has 1 amide bonds. The summed E-state index contributed by atoms with van der Waals surface area (Å²) in [5.41, 5.74) is 5.09. The van der Waals surface area contributed by atoms with Gasteiger partial charge in [0.25, 0.3) is 5.91 Å². The molecule has 0 saturated carbocycles. The summed E-state index contributed by atoms with van der Waals surface area (Å²) in [5, 5.41) is 6.57. The van der Waals surface area contributed by atoms with Crippen LogP contribution in [0.3, 0.4) is 0 Å². The van der Waals surface area contributed by atoms with Gasteiger partial charge < -0.3 is 15.4 Å². The second kappa shape index (κ2) is 16.1. The van der Waals surface area contributed by atoms with Gasteiger partial charge in [0.1, 0.15) is 0 Å². The van der Waals surface area contributed by atoms with Crippen molar-refractivity contribution in [1.82, 2.24) is 5.32 Å². The second-order valence-electron chi connectivity index (χ2n) is 11.7. The minimum Gasteiger partial charge on any atom is -0.494 e. The smallest absolute Gasteiger partial charge is 0.251 e. The molecule has 2 heterocycles. The number of nitrogens with zero attached hydrogens (tertiary/aromatic N) is 2. The predicted octanol–water partition coefficient (Wildman–Crippen LogP) is 8.89. The molecule has 0 bridgehead atoms. The first-order valence-corrected chi connectivity index (χ1v) is 16.2. The minimum absolute atomic E-state index is 0.0612. The lowest BCUT2D eigenvalue weighted by Gasteiger charge is -2.18. The van der Waals surface area contributed by atoms with Crippen molar-refractivity contribution in [1.29, 1.82) is 0 Å². The number of nitrogens with one attached hydrogen (secondary N) is 2. The Hall–Kier alpha value is -4.59. The van der Waals surface area contributed by atoms with Crippen LogP contribution in [-0.4, -0.2) is 31.5 Å². The van der Waals surface area contributed by atoms with Crippen molar-refractivity contribution in [3.63, 3.8) is 0 Å². The number of benzene rings is 2. The number of carbonyl (C=O) groups is 1. The highest BCUT2D eigenvalue weighted by Crippen LogP contribution is 2.36. The van der Waals surface area contributed by atoms with Crippen LogP contribution >= 0.6 is 0 Å². The van der Waals surface area contributed by atoms with Crippen LogP contribution in [0, 0.1) is 17.6 Å². The molecule has 1 unspecified atom stereocenters. The van der Waals surface area contributed by atoms with Crippen LogP contribution in [-0.2, 0) is 6.42 Å². The van der Waals surface area contributed by atoms with E-state index < -0.39 is 11.6 Å². The topological polar surface area (TPSA) is 75.1 Å². The Labute approximate surface area is 270 Å². The Bertz CT molecular complexity index is 1650. The number of aliphatic imine (C=N–C) groups is 2. The average molecular weight is 625 g/mol. The molecule has 1 atom stereocenters. The van der Waals surface area contributed by atoms with Crippen molar-refractivity contribution in [2.24, 2.45) is 15.9 Å². The fraction of sp³-hybridized carbons (Fsp3) is 0.342. The van der Waals surface area contributed by atoms with Crippen LogP contribution in [0.25, 0.3) is 5.57 Å². The Morgan fingerprint density at radius 2 is 1.91 bits per heavy atom. The van der Waals surface area contributed by atoms with E-state index in [1.54, 1.807) is 6.20 Å². The van der Waals surface area contributed by atoms with Crippen LogP contribution in [0.4, 0.5) is 14.5 Å². The van der Waals surface area contributed by atoms with E-state index in [4.69, 9.17) is 4.74 Å². The number of halogens is 2. The summed E-state index contributed by atoms with van der Waals surface area (Å²) in [6, 6.07) is 8.66. The highest BCUT2D eigenvalue weighted by atomic mass is 19.2. The van der Waals surface area contributed by atoms with Crippen molar-refractivity contribution in [2.75, 3.05) is 19.0 Å². The van der Waals surface area contributed by atoms with Crippen LogP contribution in [0.1, 0.15) is 79.8 Å². The number of unbranched alkanes of at least 4 members (excludes halogenated alkanes) is 3. The maximum Gasteiger partial charge on any atom is 0.251 e. The van der Waals surface area contributed by atoms with Gasteiger partial charge in [0.15, 0.2) is 11.6 Å². The first-order valence-electron chi connectivity index (χ1n) is 16.2. The summed E-state index contributed by atoms with van der Waals surface area (Å²) in [7, 11) is 1.30. The zero-order valence-electron chi connectivity index (χ0n) is 26.6. The quantitative estimate of drug-likeness (QED) is 0.219. The molecule has 0 aromatic heterocycles. The van der Waals surface area contributed by atoms with Crippen molar-refractivity contribution in [2.45, 2.75) is 64.7 Å². The summed E-state index contributed by atoms with van der Waals surface area (Å²) in [5.74, 6) is -1.64. The molecule has 2 N–H and O–H groups in total. The van der Waals surface area contributed by atoms with E-state index in [1.807, 2.05) is 55.6 Å². The van der Waals surface area contributed by atoms with Gasteiger partial charge in [-0.25, -0.2) is 4.39 Å². The lowest BCUT2D eigenvalue weighted by Crippen LogP contribution is -2.25. The van der Waals surface area contributed by atoms with E-state index in [1.165, 1.54) is 38.5 Å². The summed E-state index contributed by atoms with van der Waals surface area (Å²) in [4.78, 5) is 22.0. The Balaban J connectivity index is 1.17. The number of amides is 1. The largest absolute Gasteiger partial charge is 0.494 e. The molecule has 0 fully saturated rings. The Morgan fingerprint density at radius 3 is 2.76 bits per heavy atom. The van der Waals surface area contributed by atoms with E-state index in [9.17, 15) is 9.18 Å². The molecular formula is C38H42F2N4O2. The van der Waals surface area contributed by atoms with E-state index >= 15 is 4.39 Å². The standard InChI is InChI=1S/C38H42F2N4O2/c1-3-27-23-28(17-18-29(27)38(45)42-22-11-5-4-7-13-26-14-10-12-21-41-24-26)44-33-16-9-6-8-15-31-32(25-43-37(31)33)30-19-20-34(46-2)36(40)35(30)39/h6,8,12,15-21,23-26,44H,3-5,7,9-11,13-14,22H2,1-2H3,(H,42,45)/b8-6-,31-15-,33-16-. The number of methoxy groups -OCH3 is 1. The number of aryl methyl sites for hydroxylation is 1. The molecule has 0 spiro atoms. The highest BCUT2D eigenvalue weighted by molar-refractivity contribution is 6.25. The van der Waals surface area contributed by atoms with E-state index in [0.717, 1.165) is 42.6 Å². The SMILES string of the molecule is CCc1cc(N/C2=C\C/C=C\C=C3\C(c4ccc(OC)c(F)c4F)=CN=C23)ccc1C(=O)NCCCCCCC1C=NC=CCC1. The number of hydrogen-bond donors (Lipinski definition) is 2. The fourth-order valence-corrected chi connectivity index (χ4v) is 5.96. The lowest BCUT2D eigenvalue weighted by atomic mass is 9.93. The number of ether oxygens (including phenoxy) is 1. The van der Waals surface area contributed by atoms with Crippen molar-refractivity contribution >= 4 is 29.1 Å². The van der Waals surface area contributed by atoms with Gasteiger partial charge in [-0.3, -0.25) is 14.8 Å². The van der Waals surface area contributed by atoms with Crippen LogP contribution < -0.4 is 15.4 Å². The van der Waals surface area contributed by atoms with Gasteiger partial charge in [0.2, 0.25) is 5.82 Å². The molecular weight excluding hydrogens is 582 g/mol. The maximum atomic E-state index is 15.0. The van der Waals surface area contributed by atoms with Crippen LogP contribution in [0.15, 0.2) is 94.4 Å². The lowest BCUT2D eigenvalue weighted by molar-refractivity contribution is 0.0952. The first-order chi connectivity index (χ1) is 22.5. The third-order valence-corrected chi connectivity index (χ3v) is 8.53. The molecule has 6 nitrogen and oxygen atoms in total. The predicted molar refractivity (Wildman–Crippen MR) is 183 cm³/mol. The molecule has 2 aromatic rings. The minimum atomic E-state index is -1.03. The van der Waals surface area contributed by atoms with Gasteiger partial charge >= 0.3 is 0 Å². The molecule has 8 heteroatoms. The summed E-state index contributed by atoms with van der Waals surface area (Å²) in [6.45, 7) is 2.69. The molecule has 2 aliphatic heterocycles. The number of fused-ring (bicyclic) bond motifs is 1. The third kappa shape index (κ3) is 7.97. The van der Waals surface area contributed by atoms with Gasteiger partial charge in [-0.2, -0.15) is 4.39 Å². The van der Waals surface area contributed by atoms with Gasteiger partial charge in [-0.1, -0.05) is 56.6 Å².